The quantitative estimate of drug-likeness (QED) is 0.463. The Labute approximate surface area is 184 Å². The Kier molecular flexibility index (Phi) is 6.39. The number of carbonyl (C=O) groups is 1. The maximum absolute atomic E-state index is 13.9. The summed E-state index contributed by atoms with van der Waals surface area (Å²) in [7, 11) is 0. The van der Waals surface area contributed by atoms with Gasteiger partial charge < -0.3 is 5.32 Å². The van der Waals surface area contributed by atoms with Gasteiger partial charge >= 0.3 is 0 Å². The molecule has 164 valence electrons. The van der Waals surface area contributed by atoms with Gasteiger partial charge in [-0.1, -0.05) is 55.5 Å². The summed E-state index contributed by atoms with van der Waals surface area (Å²) >= 11 is 0. The molecule has 32 heavy (non-hydrogen) atoms. The molecule has 2 heterocycles. The molecule has 2 aromatic carbocycles. The number of amides is 1. The van der Waals surface area contributed by atoms with E-state index in [4.69, 9.17) is 0 Å². The number of nitrogens with zero attached hydrogens (tertiary/aromatic N) is 4. The minimum absolute atomic E-state index is 0.0460. The molecule has 0 aliphatic carbocycles. The summed E-state index contributed by atoms with van der Waals surface area (Å²) in [6.07, 6.45) is 3.56. The lowest BCUT2D eigenvalue weighted by molar-refractivity contribution is -0.122. The number of carbonyl (C=O) groups excluding carboxylic acids is 1. The lowest BCUT2D eigenvalue weighted by Gasteiger charge is -2.15. The molecule has 2 aromatic heterocycles. The van der Waals surface area contributed by atoms with Crippen LogP contribution in [0.4, 0.5) is 4.39 Å². The Morgan fingerprint density at radius 2 is 1.88 bits per heavy atom. The van der Waals surface area contributed by atoms with E-state index in [1.54, 1.807) is 22.9 Å². The molecule has 0 saturated heterocycles. The Bertz CT molecular complexity index is 1280. The zero-order valence-electron chi connectivity index (χ0n) is 17.7. The largest absolute Gasteiger partial charge is 0.354 e. The average Bonchev–Trinajstić information content (AvgIpc) is 3.22. The second kappa shape index (κ2) is 9.55. The first-order valence-electron chi connectivity index (χ1n) is 10.6. The van der Waals surface area contributed by atoms with Gasteiger partial charge in [0, 0.05) is 12.1 Å². The SMILES string of the molecule is CC[C@H](C(=O)NCCn1ncc2c(=O)n(Cc3ccccc3F)cnc21)c1ccccc1. The van der Waals surface area contributed by atoms with Crippen LogP contribution in [0.1, 0.15) is 30.4 Å². The summed E-state index contributed by atoms with van der Waals surface area (Å²) in [6, 6.07) is 16.0. The second-order valence-corrected chi connectivity index (χ2v) is 7.54. The van der Waals surface area contributed by atoms with Gasteiger partial charge in [-0.3, -0.25) is 14.2 Å². The Hall–Kier alpha value is -3.81. The molecule has 4 aromatic rings. The van der Waals surface area contributed by atoms with Gasteiger partial charge in [0.1, 0.15) is 17.5 Å². The maximum Gasteiger partial charge on any atom is 0.264 e. The van der Waals surface area contributed by atoms with Crippen LogP contribution in [0.25, 0.3) is 11.0 Å². The van der Waals surface area contributed by atoms with Crippen molar-refractivity contribution < 1.29 is 9.18 Å². The predicted octanol–water partition coefficient (Wildman–Crippen LogP) is 3.09. The third-order valence-corrected chi connectivity index (χ3v) is 5.47. The Balaban J connectivity index is 1.44. The first-order valence-corrected chi connectivity index (χ1v) is 10.6. The fourth-order valence-electron chi connectivity index (χ4n) is 3.75. The lowest BCUT2D eigenvalue weighted by Crippen LogP contribution is -2.32. The summed E-state index contributed by atoms with van der Waals surface area (Å²) in [6.45, 7) is 2.81. The van der Waals surface area contributed by atoms with Gasteiger partial charge in [0.2, 0.25) is 5.91 Å². The fourth-order valence-corrected chi connectivity index (χ4v) is 3.75. The van der Waals surface area contributed by atoms with Gasteiger partial charge in [-0.05, 0) is 18.1 Å². The third-order valence-electron chi connectivity index (χ3n) is 5.47. The number of benzene rings is 2. The topological polar surface area (TPSA) is 81.8 Å². The van der Waals surface area contributed by atoms with Crippen LogP contribution in [0.3, 0.4) is 0 Å². The fraction of sp³-hybridized carbons (Fsp3) is 0.250. The smallest absolute Gasteiger partial charge is 0.264 e. The number of hydrogen-bond acceptors (Lipinski definition) is 4. The Morgan fingerprint density at radius 3 is 2.62 bits per heavy atom. The first-order chi connectivity index (χ1) is 15.6. The van der Waals surface area contributed by atoms with E-state index in [9.17, 15) is 14.0 Å². The van der Waals surface area contributed by atoms with Gasteiger partial charge in [-0.2, -0.15) is 5.10 Å². The zero-order valence-corrected chi connectivity index (χ0v) is 17.7. The highest BCUT2D eigenvalue weighted by molar-refractivity contribution is 5.83. The molecule has 0 aliphatic heterocycles. The van der Waals surface area contributed by atoms with Gasteiger partial charge in [0.05, 0.1) is 25.2 Å². The van der Waals surface area contributed by atoms with Crippen molar-refractivity contribution in [3.63, 3.8) is 0 Å². The molecular weight excluding hydrogens is 409 g/mol. The molecule has 1 N–H and O–H groups in total. The molecule has 8 heteroatoms. The van der Waals surface area contributed by atoms with E-state index >= 15 is 0 Å². The monoisotopic (exact) mass is 433 g/mol. The van der Waals surface area contributed by atoms with Crippen molar-refractivity contribution in [1.29, 1.82) is 0 Å². The maximum atomic E-state index is 13.9. The molecule has 0 saturated carbocycles. The van der Waals surface area contributed by atoms with Crippen molar-refractivity contribution in [2.75, 3.05) is 6.54 Å². The van der Waals surface area contributed by atoms with Crippen LogP contribution in [0, 0.1) is 5.82 Å². The summed E-state index contributed by atoms with van der Waals surface area (Å²) < 4.78 is 16.9. The number of fused-ring (bicyclic) bond motifs is 1. The third kappa shape index (κ3) is 4.44. The number of hydrogen-bond donors (Lipinski definition) is 1. The van der Waals surface area contributed by atoms with Crippen molar-refractivity contribution in [2.24, 2.45) is 0 Å². The standard InChI is InChI=1S/C24H24FN5O2/c1-2-19(17-8-4-3-5-9-17)23(31)26-12-13-30-22-20(14-28-30)24(32)29(16-27-22)15-18-10-6-7-11-21(18)25/h3-11,14,16,19H,2,12-13,15H2,1H3,(H,26,31)/t19-/m0/s1. The lowest BCUT2D eigenvalue weighted by atomic mass is 9.96. The molecule has 1 atom stereocenters. The Morgan fingerprint density at radius 1 is 1.12 bits per heavy atom. The van der Waals surface area contributed by atoms with Crippen LogP contribution < -0.4 is 10.9 Å². The summed E-state index contributed by atoms with van der Waals surface area (Å²) in [5, 5.41) is 7.56. The number of halogens is 1. The van der Waals surface area contributed by atoms with Gasteiger partial charge in [0.15, 0.2) is 5.65 Å². The molecular formula is C24H24FN5O2. The van der Waals surface area contributed by atoms with Crippen molar-refractivity contribution in [3.05, 3.63) is 94.4 Å². The van der Waals surface area contributed by atoms with E-state index in [-0.39, 0.29) is 29.7 Å². The van der Waals surface area contributed by atoms with Crippen LogP contribution in [0.2, 0.25) is 0 Å². The van der Waals surface area contributed by atoms with Crippen LogP contribution in [0.5, 0.6) is 0 Å². The molecule has 0 bridgehead atoms. The van der Waals surface area contributed by atoms with Crippen molar-refractivity contribution in [2.45, 2.75) is 32.4 Å². The van der Waals surface area contributed by atoms with Gasteiger partial charge in [-0.25, -0.2) is 14.1 Å². The zero-order chi connectivity index (χ0) is 22.5. The van der Waals surface area contributed by atoms with Gasteiger partial charge in [0.25, 0.3) is 5.56 Å². The molecule has 0 unspecified atom stereocenters. The predicted molar refractivity (Wildman–Crippen MR) is 120 cm³/mol. The van der Waals surface area contributed by atoms with Crippen LogP contribution in [0.15, 0.2) is 71.9 Å². The summed E-state index contributed by atoms with van der Waals surface area (Å²) in [5.41, 5.74) is 1.54. The van der Waals surface area contributed by atoms with E-state index in [0.717, 1.165) is 5.56 Å². The average molecular weight is 433 g/mol. The van der Waals surface area contributed by atoms with Crippen LogP contribution in [-0.2, 0) is 17.9 Å². The number of aromatic nitrogens is 4. The van der Waals surface area contributed by atoms with Crippen LogP contribution in [-0.4, -0.2) is 31.8 Å². The van der Waals surface area contributed by atoms with E-state index in [1.165, 1.54) is 23.2 Å². The summed E-state index contributed by atoms with van der Waals surface area (Å²) in [5.74, 6) is -0.628. The molecule has 4 rings (SSSR count). The minimum atomic E-state index is -0.369. The molecule has 0 fully saturated rings. The highest BCUT2D eigenvalue weighted by Gasteiger charge is 2.18. The normalized spacial score (nSPS) is 12.1. The highest BCUT2D eigenvalue weighted by atomic mass is 19.1. The minimum Gasteiger partial charge on any atom is -0.354 e. The second-order valence-electron chi connectivity index (χ2n) is 7.54. The molecule has 0 spiro atoms. The number of rotatable bonds is 8. The van der Waals surface area contributed by atoms with Crippen LogP contribution >= 0.6 is 0 Å². The highest BCUT2D eigenvalue weighted by Crippen LogP contribution is 2.19. The van der Waals surface area contributed by atoms with Crippen molar-refractivity contribution in [1.82, 2.24) is 24.6 Å². The molecule has 0 radical (unpaired) electrons. The van der Waals surface area contributed by atoms with E-state index in [1.807, 2.05) is 37.3 Å². The van der Waals surface area contributed by atoms with Crippen molar-refractivity contribution in [3.8, 4) is 0 Å². The number of nitrogens with one attached hydrogen (secondary N) is 1. The molecule has 1 amide bonds. The van der Waals surface area contributed by atoms with E-state index in [0.29, 0.717) is 36.1 Å². The van der Waals surface area contributed by atoms with E-state index in [2.05, 4.69) is 15.4 Å². The van der Waals surface area contributed by atoms with Gasteiger partial charge in [-0.15, -0.1) is 0 Å². The molecule has 7 nitrogen and oxygen atoms in total. The molecule has 0 aliphatic rings. The van der Waals surface area contributed by atoms with Crippen molar-refractivity contribution >= 4 is 16.9 Å². The summed E-state index contributed by atoms with van der Waals surface area (Å²) in [4.78, 5) is 29.8. The van der Waals surface area contributed by atoms with E-state index < -0.39 is 0 Å². The first kappa shape index (κ1) is 21.4.